The molecule has 0 bridgehead atoms. The van der Waals surface area contributed by atoms with Gasteiger partial charge in [-0.3, -0.25) is 4.79 Å². The predicted molar refractivity (Wildman–Crippen MR) is 56.0 cm³/mol. The summed E-state index contributed by atoms with van der Waals surface area (Å²) in [6, 6.07) is 9.39. The molecule has 1 fully saturated rings. The number of carbonyl (C=O) groups excluding carboxylic acids is 1. The molecule has 2 rings (SSSR count). The number of hydrogen-bond acceptors (Lipinski definition) is 1. The molecule has 1 aliphatic rings. The Bertz CT molecular complexity index is 339. The van der Waals surface area contributed by atoms with E-state index in [9.17, 15) is 4.79 Å². The van der Waals surface area contributed by atoms with E-state index in [-0.39, 0.29) is 5.91 Å². The standard InChI is InChI=1S/C12H13NO/c1-2-10-8-13(9-10)12(14)11-6-4-3-5-7-11/h2-7,10H,1,8-9H2. The largest absolute Gasteiger partial charge is 0.337 e. The lowest BCUT2D eigenvalue weighted by Crippen LogP contribution is -2.49. The average Bonchev–Trinajstić information content (AvgIpc) is 2.17. The van der Waals surface area contributed by atoms with Crippen LogP contribution in [0.2, 0.25) is 0 Å². The molecule has 1 aliphatic heterocycles. The Labute approximate surface area is 83.8 Å². The van der Waals surface area contributed by atoms with E-state index < -0.39 is 0 Å². The van der Waals surface area contributed by atoms with Gasteiger partial charge >= 0.3 is 0 Å². The Kier molecular flexibility index (Phi) is 2.35. The first kappa shape index (κ1) is 9.00. The fourth-order valence-electron chi connectivity index (χ4n) is 1.59. The van der Waals surface area contributed by atoms with Crippen molar-refractivity contribution in [1.82, 2.24) is 4.90 Å². The molecular formula is C12H13NO. The summed E-state index contributed by atoms with van der Waals surface area (Å²) in [6.45, 7) is 5.34. The molecule has 72 valence electrons. The highest BCUT2D eigenvalue weighted by molar-refractivity contribution is 5.94. The Morgan fingerprint density at radius 3 is 2.57 bits per heavy atom. The topological polar surface area (TPSA) is 20.3 Å². The van der Waals surface area contributed by atoms with Gasteiger partial charge in [0.2, 0.25) is 0 Å². The van der Waals surface area contributed by atoms with Gasteiger partial charge < -0.3 is 4.90 Å². The molecule has 0 unspecified atom stereocenters. The smallest absolute Gasteiger partial charge is 0.253 e. The highest BCUT2D eigenvalue weighted by Crippen LogP contribution is 2.18. The van der Waals surface area contributed by atoms with Gasteiger partial charge in [-0.1, -0.05) is 24.3 Å². The zero-order valence-corrected chi connectivity index (χ0v) is 8.02. The van der Waals surface area contributed by atoms with E-state index in [0.717, 1.165) is 18.7 Å². The van der Waals surface area contributed by atoms with Crippen LogP contribution in [0, 0.1) is 5.92 Å². The third kappa shape index (κ3) is 1.55. The number of hydrogen-bond donors (Lipinski definition) is 0. The Hall–Kier alpha value is -1.57. The van der Waals surface area contributed by atoms with Crippen LogP contribution in [0.5, 0.6) is 0 Å². The summed E-state index contributed by atoms with van der Waals surface area (Å²) in [7, 11) is 0. The highest BCUT2D eigenvalue weighted by Gasteiger charge is 2.28. The van der Waals surface area contributed by atoms with Crippen LogP contribution >= 0.6 is 0 Å². The molecule has 2 nitrogen and oxygen atoms in total. The lowest BCUT2D eigenvalue weighted by molar-refractivity contribution is 0.0569. The van der Waals surface area contributed by atoms with Gasteiger partial charge in [0.15, 0.2) is 0 Å². The van der Waals surface area contributed by atoms with Crippen LogP contribution in [0.15, 0.2) is 43.0 Å². The van der Waals surface area contributed by atoms with E-state index in [1.54, 1.807) is 0 Å². The van der Waals surface area contributed by atoms with Gasteiger partial charge in [-0.2, -0.15) is 0 Å². The van der Waals surface area contributed by atoms with Crippen molar-refractivity contribution in [2.45, 2.75) is 0 Å². The summed E-state index contributed by atoms with van der Waals surface area (Å²) in [6.07, 6.45) is 1.91. The second-order valence-corrected chi connectivity index (χ2v) is 3.57. The summed E-state index contributed by atoms with van der Waals surface area (Å²) < 4.78 is 0. The third-order valence-corrected chi connectivity index (χ3v) is 2.55. The second kappa shape index (κ2) is 3.66. The van der Waals surface area contributed by atoms with Crippen molar-refractivity contribution in [2.75, 3.05) is 13.1 Å². The molecule has 0 N–H and O–H groups in total. The van der Waals surface area contributed by atoms with Gasteiger partial charge in [0.25, 0.3) is 5.91 Å². The Morgan fingerprint density at radius 1 is 1.36 bits per heavy atom. The molecule has 1 amide bonds. The van der Waals surface area contributed by atoms with E-state index in [1.165, 1.54) is 0 Å². The van der Waals surface area contributed by atoms with Crippen molar-refractivity contribution in [3.8, 4) is 0 Å². The zero-order valence-electron chi connectivity index (χ0n) is 8.02. The molecule has 1 saturated heterocycles. The number of rotatable bonds is 2. The van der Waals surface area contributed by atoms with Gasteiger partial charge in [0.05, 0.1) is 0 Å². The van der Waals surface area contributed by atoms with Gasteiger partial charge in [-0.25, -0.2) is 0 Å². The summed E-state index contributed by atoms with van der Waals surface area (Å²) in [4.78, 5) is 13.6. The molecule has 0 aliphatic carbocycles. The summed E-state index contributed by atoms with van der Waals surface area (Å²) in [5.41, 5.74) is 0.773. The zero-order chi connectivity index (χ0) is 9.97. The molecule has 14 heavy (non-hydrogen) atoms. The second-order valence-electron chi connectivity index (χ2n) is 3.57. The van der Waals surface area contributed by atoms with Crippen LogP contribution in [0.25, 0.3) is 0 Å². The summed E-state index contributed by atoms with van der Waals surface area (Å²) >= 11 is 0. The minimum atomic E-state index is 0.128. The van der Waals surface area contributed by atoms with E-state index in [1.807, 2.05) is 41.3 Å². The summed E-state index contributed by atoms with van der Waals surface area (Å²) in [5, 5.41) is 0. The van der Waals surface area contributed by atoms with Gasteiger partial charge in [-0.15, -0.1) is 6.58 Å². The maximum Gasteiger partial charge on any atom is 0.253 e. The van der Waals surface area contributed by atoms with E-state index in [2.05, 4.69) is 6.58 Å². The fraction of sp³-hybridized carbons (Fsp3) is 0.250. The number of nitrogens with zero attached hydrogens (tertiary/aromatic N) is 1. The minimum absolute atomic E-state index is 0.128. The molecule has 0 aromatic heterocycles. The number of likely N-dealkylation sites (tertiary alicyclic amines) is 1. The maximum absolute atomic E-state index is 11.8. The highest BCUT2D eigenvalue weighted by atomic mass is 16.2. The quantitative estimate of drug-likeness (QED) is 0.648. The Morgan fingerprint density at radius 2 is 2.00 bits per heavy atom. The van der Waals surface area contributed by atoms with Crippen molar-refractivity contribution >= 4 is 5.91 Å². The lowest BCUT2D eigenvalue weighted by Gasteiger charge is -2.37. The van der Waals surface area contributed by atoms with Crippen molar-refractivity contribution in [1.29, 1.82) is 0 Å². The van der Waals surface area contributed by atoms with Gasteiger partial charge in [0.1, 0.15) is 0 Å². The van der Waals surface area contributed by atoms with E-state index in [0.29, 0.717) is 5.92 Å². The third-order valence-electron chi connectivity index (χ3n) is 2.55. The molecule has 1 heterocycles. The predicted octanol–water partition coefficient (Wildman–Crippen LogP) is 1.94. The molecule has 2 heteroatoms. The molecule has 1 aromatic carbocycles. The first-order chi connectivity index (χ1) is 6.81. The Balaban J connectivity index is 2.01. The van der Waals surface area contributed by atoms with Gasteiger partial charge in [-0.05, 0) is 12.1 Å². The first-order valence-electron chi connectivity index (χ1n) is 4.78. The molecule has 0 radical (unpaired) electrons. The lowest BCUT2D eigenvalue weighted by atomic mass is 9.99. The van der Waals surface area contributed by atoms with Crippen LogP contribution in [0.1, 0.15) is 10.4 Å². The number of amides is 1. The van der Waals surface area contributed by atoms with Crippen LogP contribution in [0.3, 0.4) is 0 Å². The van der Waals surface area contributed by atoms with Crippen LogP contribution in [-0.2, 0) is 0 Å². The van der Waals surface area contributed by atoms with E-state index >= 15 is 0 Å². The van der Waals surface area contributed by atoms with Crippen LogP contribution in [-0.4, -0.2) is 23.9 Å². The minimum Gasteiger partial charge on any atom is -0.337 e. The molecule has 0 spiro atoms. The monoisotopic (exact) mass is 187 g/mol. The molecule has 0 saturated carbocycles. The van der Waals surface area contributed by atoms with Crippen molar-refractivity contribution in [3.63, 3.8) is 0 Å². The average molecular weight is 187 g/mol. The number of carbonyl (C=O) groups is 1. The van der Waals surface area contributed by atoms with Crippen molar-refractivity contribution in [3.05, 3.63) is 48.6 Å². The normalized spacial score (nSPS) is 16.1. The first-order valence-corrected chi connectivity index (χ1v) is 4.78. The van der Waals surface area contributed by atoms with Crippen molar-refractivity contribution in [2.24, 2.45) is 5.92 Å². The molecule has 0 atom stereocenters. The van der Waals surface area contributed by atoms with Crippen LogP contribution in [0.4, 0.5) is 0 Å². The van der Waals surface area contributed by atoms with Crippen LogP contribution < -0.4 is 0 Å². The summed E-state index contributed by atoms with van der Waals surface area (Å²) in [5.74, 6) is 0.617. The fourth-order valence-corrected chi connectivity index (χ4v) is 1.59. The maximum atomic E-state index is 11.8. The van der Waals surface area contributed by atoms with Crippen molar-refractivity contribution < 1.29 is 4.79 Å². The molecule has 1 aromatic rings. The van der Waals surface area contributed by atoms with Gasteiger partial charge in [0, 0.05) is 24.6 Å². The number of benzene rings is 1. The SMILES string of the molecule is C=CC1CN(C(=O)c2ccccc2)C1. The molecular weight excluding hydrogens is 174 g/mol. The van der Waals surface area contributed by atoms with E-state index in [4.69, 9.17) is 0 Å².